The number of hydrogen-bond acceptors (Lipinski definition) is 4. The van der Waals surface area contributed by atoms with E-state index in [1.807, 2.05) is 61.5 Å². The molecule has 1 N–H and O–H groups in total. The predicted molar refractivity (Wildman–Crippen MR) is 95.3 cm³/mol. The van der Waals surface area contributed by atoms with Gasteiger partial charge in [0.05, 0.1) is 13.2 Å². The van der Waals surface area contributed by atoms with Crippen molar-refractivity contribution in [3.8, 4) is 5.75 Å². The van der Waals surface area contributed by atoms with E-state index in [0.717, 1.165) is 16.9 Å². The highest BCUT2D eigenvalue weighted by Crippen LogP contribution is 2.19. The number of methoxy groups -OCH3 is 1. The van der Waals surface area contributed by atoms with E-state index in [4.69, 9.17) is 9.47 Å². The molecule has 0 aliphatic rings. The molecule has 2 aromatic rings. The summed E-state index contributed by atoms with van der Waals surface area (Å²) in [6.45, 7) is 1.61. The highest BCUT2D eigenvalue weighted by molar-refractivity contribution is 5.80. The fraction of sp³-hybridized carbons (Fsp3) is 0.300. The van der Waals surface area contributed by atoms with Gasteiger partial charge in [-0.1, -0.05) is 48.5 Å². The van der Waals surface area contributed by atoms with Crippen LogP contribution in [0.3, 0.4) is 0 Å². The zero-order chi connectivity index (χ0) is 18.1. The molecule has 25 heavy (non-hydrogen) atoms. The number of rotatable bonds is 8. The van der Waals surface area contributed by atoms with Crippen LogP contribution in [-0.2, 0) is 20.7 Å². The zero-order valence-electron chi connectivity index (χ0n) is 14.5. The SMILES string of the molecule is COc1ccccc1CCC(=O)OCC(=O)N[C@@H](C)c1ccccc1. The maximum Gasteiger partial charge on any atom is 0.306 e. The number of esters is 1. The van der Waals surface area contributed by atoms with Gasteiger partial charge in [-0.2, -0.15) is 0 Å². The van der Waals surface area contributed by atoms with Crippen molar-refractivity contribution in [2.24, 2.45) is 0 Å². The standard InChI is InChI=1S/C20H23NO4/c1-15(16-8-4-3-5-9-16)21-19(22)14-25-20(23)13-12-17-10-6-7-11-18(17)24-2/h3-11,15H,12-14H2,1-2H3,(H,21,22)/t15-/m0/s1. The Morgan fingerprint density at radius 1 is 1.04 bits per heavy atom. The van der Waals surface area contributed by atoms with Crippen LogP contribution < -0.4 is 10.1 Å². The molecular weight excluding hydrogens is 318 g/mol. The van der Waals surface area contributed by atoms with Crippen LogP contribution in [0.4, 0.5) is 0 Å². The molecule has 0 fully saturated rings. The molecule has 132 valence electrons. The van der Waals surface area contributed by atoms with Crippen molar-refractivity contribution in [3.05, 3.63) is 65.7 Å². The third kappa shape index (κ3) is 5.95. The van der Waals surface area contributed by atoms with Crippen LogP contribution >= 0.6 is 0 Å². The fourth-order valence-corrected chi connectivity index (χ4v) is 2.47. The molecule has 0 saturated heterocycles. The van der Waals surface area contributed by atoms with E-state index in [1.54, 1.807) is 7.11 Å². The van der Waals surface area contributed by atoms with Gasteiger partial charge in [-0.15, -0.1) is 0 Å². The van der Waals surface area contributed by atoms with Crippen molar-refractivity contribution < 1.29 is 19.1 Å². The van der Waals surface area contributed by atoms with Crippen LogP contribution in [0.25, 0.3) is 0 Å². The first-order valence-corrected chi connectivity index (χ1v) is 8.22. The van der Waals surface area contributed by atoms with Gasteiger partial charge < -0.3 is 14.8 Å². The molecule has 0 aromatic heterocycles. The van der Waals surface area contributed by atoms with E-state index in [1.165, 1.54) is 0 Å². The Balaban J connectivity index is 1.73. The van der Waals surface area contributed by atoms with Gasteiger partial charge >= 0.3 is 5.97 Å². The number of carbonyl (C=O) groups excluding carboxylic acids is 2. The van der Waals surface area contributed by atoms with Gasteiger partial charge in [-0.25, -0.2) is 0 Å². The van der Waals surface area contributed by atoms with E-state index < -0.39 is 5.97 Å². The van der Waals surface area contributed by atoms with Crippen LogP contribution in [0, 0.1) is 0 Å². The Labute approximate surface area is 148 Å². The van der Waals surface area contributed by atoms with E-state index in [2.05, 4.69) is 5.32 Å². The molecule has 0 bridgehead atoms. The van der Waals surface area contributed by atoms with Gasteiger partial charge in [0.1, 0.15) is 5.75 Å². The minimum Gasteiger partial charge on any atom is -0.496 e. The summed E-state index contributed by atoms with van der Waals surface area (Å²) in [5, 5.41) is 2.81. The Morgan fingerprint density at radius 2 is 1.72 bits per heavy atom. The fourth-order valence-electron chi connectivity index (χ4n) is 2.47. The third-order valence-corrected chi connectivity index (χ3v) is 3.83. The lowest BCUT2D eigenvalue weighted by Gasteiger charge is -2.14. The van der Waals surface area contributed by atoms with Crippen LogP contribution in [0.5, 0.6) is 5.75 Å². The molecule has 0 unspecified atom stereocenters. The second-order valence-electron chi connectivity index (χ2n) is 5.67. The minimum absolute atomic E-state index is 0.138. The maximum atomic E-state index is 11.9. The average molecular weight is 341 g/mol. The van der Waals surface area contributed by atoms with Crippen molar-refractivity contribution in [3.63, 3.8) is 0 Å². The topological polar surface area (TPSA) is 64.6 Å². The predicted octanol–water partition coefficient (Wildman–Crippen LogP) is 3.05. The average Bonchev–Trinajstić information content (AvgIpc) is 2.65. The van der Waals surface area contributed by atoms with Crippen molar-refractivity contribution in [1.82, 2.24) is 5.32 Å². The quantitative estimate of drug-likeness (QED) is 0.750. The first-order valence-electron chi connectivity index (χ1n) is 8.22. The van der Waals surface area contributed by atoms with Gasteiger partial charge in [-0.3, -0.25) is 9.59 Å². The number of benzene rings is 2. The zero-order valence-corrected chi connectivity index (χ0v) is 14.5. The number of para-hydroxylation sites is 1. The van der Waals surface area contributed by atoms with Crippen molar-refractivity contribution in [2.75, 3.05) is 13.7 Å². The van der Waals surface area contributed by atoms with Crippen molar-refractivity contribution in [2.45, 2.75) is 25.8 Å². The Kier molecular flexibility index (Phi) is 7.01. The summed E-state index contributed by atoms with van der Waals surface area (Å²) in [6.07, 6.45) is 0.701. The highest BCUT2D eigenvalue weighted by atomic mass is 16.5. The lowest BCUT2D eigenvalue weighted by Crippen LogP contribution is -2.31. The molecule has 0 aliphatic carbocycles. The second-order valence-corrected chi connectivity index (χ2v) is 5.67. The molecule has 2 aromatic carbocycles. The first kappa shape index (κ1) is 18.5. The molecule has 0 saturated carbocycles. The van der Waals surface area contributed by atoms with Gasteiger partial charge in [0.2, 0.25) is 0 Å². The molecule has 1 amide bonds. The van der Waals surface area contributed by atoms with Crippen LogP contribution in [0.1, 0.15) is 30.5 Å². The van der Waals surface area contributed by atoms with Gasteiger partial charge in [0.15, 0.2) is 6.61 Å². The largest absolute Gasteiger partial charge is 0.496 e. The van der Waals surface area contributed by atoms with Gasteiger partial charge in [-0.05, 0) is 30.5 Å². The van der Waals surface area contributed by atoms with Crippen LogP contribution in [0.15, 0.2) is 54.6 Å². The number of hydrogen-bond donors (Lipinski definition) is 1. The smallest absolute Gasteiger partial charge is 0.306 e. The summed E-state index contributed by atoms with van der Waals surface area (Å²) in [7, 11) is 1.59. The van der Waals surface area contributed by atoms with Gasteiger partial charge in [0.25, 0.3) is 5.91 Å². The molecule has 1 atom stereocenters. The molecule has 0 spiro atoms. The Hall–Kier alpha value is -2.82. The molecule has 5 nitrogen and oxygen atoms in total. The molecular formula is C20H23NO4. The lowest BCUT2D eigenvalue weighted by atomic mass is 10.1. The second kappa shape index (κ2) is 9.47. The molecule has 2 rings (SSSR count). The molecule has 0 aliphatic heterocycles. The number of aryl methyl sites for hydroxylation is 1. The van der Waals surface area contributed by atoms with E-state index in [9.17, 15) is 9.59 Å². The Morgan fingerprint density at radius 3 is 2.44 bits per heavy atom. The van der Waals surface area contributed by atoms with Crippen LogP contribution in [-0.4, -0.2) is 25.6 Å². The normalized spacial score (nSPS) is 11.4. The lowest BCUT2D eigenvalue weighted by molar-refractivity contribution is -0.148. The summed E-state index contributed by atoms with van der Waals surface area (Å²) < 4.78 is 10.3. The minimum atomic E-state index is -0.409. The van der Waals surface area contributed by atoms with E-state index in [0.29, 0.717) is 6.42 Å². The van der Waals surface area contributed by atoms with Crippen molar-refractivity contribution >= 4 is 11.9 Å². The molecule has 0 heterocycles. The number of carbonyl (C=O) groups is 2. The summed E-state index contributed by atoms with van der Waals surface area (Å²) >= 11 is 0. The molecule has 5 heteroatoms. The maximum absolute atomic E-state index is 11.9. The number of amides is 1. The van der Waals surface area contributed by atoms with E-state index in [-0.39, 0.29) is 25.0 Å². The number of ether oxygens (including phenoxy) is 2. The summed E-state index contributed by atoms with van der Waals surface area (Å²) in [5.74, 6) is 0.0140. The summed E-state index contributed by atoms with van der Waals surface area (Å²) in [5.41, 5.74) is 1.93. The van der Waals surface area contributed by atoms with Crippen molar-refractivity contribution in [1.29, 1.82) is 0 Å². The summed E-state index contributed by atoms with van der Waals surface area (Å²) in [4.78, 5) is 23.7. The monoisotopic (exact) mass is 341 g/mol. The Bertz CT molecular complexity index is 700. The number of nitrogens with one attached hydrogen (secondary N) is 1. The van der Waals surface area contributed by atoms with Crippen LogP contribution in [0.2, 0.25) is 0 Å². The first-order chi connectivity index (χ1) is 12.1. The highest BCUT2D eigenvalue weighted by Gasteiger charge is 2.12. The van der Waals surface area contributed by atoms with E-state index >= 15 is 0 Å². The third-order valence-electron chi connectivity index (χ3n) is 3.83. The van der Waals surface area contributed by atoms with Gasteiger partial charge in [0, 0.05) is 6.42 Å². The molecule has 0 radical (unpaired) electrons. The summed E-state index contributed by atoms with van der Waals surface area (Å²) in [6, 6.07) is 17.0.